The zero-order valence-electron chi connectivity index (χ0n) is 7.54. The lowest BCUT2D eigenvalue weighted by atomic mass is 10.1. The topological polar surface area (TPSA) is 46.2 Å². The summed E-state index contributed by atoms with van der Waals surface area (Å²) >= 11 is 0. The molecule has 4 heteroatoms. The van der Waals surface area contributed by atoms with E-state index in [1.807, 2.05) is 6.92 Å². The fourth-order valence-electron chi connectivity index (χ4n) is 1.63. The van der Waals surface area contributed by atoms with E-state index in [4.69, 9.17) is 0 Å². The van der Waals surface area contributed by atoms with E-state index in [1.54, 1.807) is 0 Å². The normalized spacial score (nSPS) is 28.6. The Balaban J connectivity index is 2.36. The number of hydrogen-bond donors (Lipinski definition) is 1. The zero-order chi connectivity index (χ0) is 9.03. The molecule has 0 saturated carbocycles. The van der Waals surface area contributed by atoms with Gasteiger partial charge in [0.1, 0.15) is 0 Å². The molecule has 0 aromatic carbocycles. The highest BCUT2D eigenvalue weighted by Gasteiger charge is 2.23. The predicted molar refractivity (Wildman–Crippen MR) is 49.9 cm³/mol. The van der Waals surface area contributed by atoms with Crippen LogP contribution < -0.4 is 5.32 Å². The van der Waals surface area contributed by atoms with Crippen LogP contribution >= 0.6 is 0 Å². The molecule has 0 amide bonds. The van der Waals surface area contributed by atoms with Crippen LogP contribution in [0.5, 0.6) is 0 Å². The van der Waals surface area contributed by atoms with Gasteiger partial charge in [-0.05, 0) is 31.8 Å². The standard InChI is InChI=1S/C8H17NO2S/c1-2-9-6-8-4-3-5-12(10,11)7-8/h8-9H,2-7H2,1H3. The van der Waals surface area contributed by atoms with E-state index in [1.165, 1.54) is 0 Å². The van der Waals surface area contributed by atoms with Gasteiger partial charge in [0.15, 0.2) is 9.84 Å². The summed E-state index contributed by atoms with van der Waals surface area (Å²) < 4.78 is 22.4. The Kier molecular flexibility index (Phi) is 3.53. The van der Waals surface area contributed by atoms with Gasteiger partial charge >= 0.3 is 0 Å². The van der Waals surface area contributed by atoms with Gasteiger partial charge in [-0.25, -0.2) is 8.42 Å². The molecule has 1 aliphatic heterocycles. The van der Waals surface area contributed by atoms with E-state index in [0.29, 0.717) is 17.4 Å². The minimum Gasteiger partial charge on any atom is -0.317 e. The minimum absolute atomic E-state index is 0.351. The monoisotopic (exact) mass is 191 g/mol. The highest BCUT2D eigenvalue weighted by atomic mass is 32.2. The van der Waals surface area contributed by atoms with Gasteiger partial charge in [0, 0.05) is 0 Å². The van der Waals surface area contributed by atoms with Crippen molar-refractivity contribution in [3.05, 3.63) is 0 Å². The average molecular weight is 191 g/mol. The Morgan fingerprint density at radius 3 is 2.83 bits per heavy atom. The third kappa shape index (κ3) is 3.11. The molecule has 0 aromatic heterocycles. The van der Waals surface area contributed by atoms with Gasteiger partial charge in [-0.2, -0.15) is 0 Å². The summed E-state index contributed by atoms with van der Waals surface area (Å²) in [5.74, 6) is 1.14. The Hall–Kier alpha value is -0.0900. The SMILES string of the molecule is CCNCC1CCCS(=O)(=O)C1. The Labute approximate surface area is 74.5 Å². The van der Waals surface area contributed by atoms with Crippen molar-refractivity contribution in [2.75, 3.05) is 24.6 Å². The van der Waals surface area contributed by atoms with Gasteiger partial charge < -0.3 is 5.32 Å². The van der Waals surface area contributed by atoms with Crippen molar-refractivity contribution >= 4 is 9.84 Å². The summed E-state index contributed by atoms with van der Waals surface area (Å²) in [6, 6.07) is 0. The molecule has 0 radical (unpaired) electrons. The molecular formula is C8H17NO2S. The fraction of sp³-hybridized carbons (Fsp3) is 1.00. The molecule has 1 fully saturated rings. The summed E-state index contributed by atoms with van der Waals surface area (Å²) in [5.41, 5.74) is 0. The van der Waals surface area contributed by atoms with Gasteiger partial charge in [0.25, 0.3) is 0 Å². The second-order valence-electron chi connectivity index (χ2n) is 3.43. The second kappa shape index (κ2) is 4.23. The van der Waals surface area contributed by atoms with E-state index in [-0.39, 0.29) is 0 Å². The van der Waals surface area contributed by atoms with Crippen LogP contribution in [0.25, 0.3) is 0 Å². The van der Waals surface area contributed by atoms with E-state index < -0.39 is 9.84 Å². The minimum atomic E-state index is -2.70. The first-order chi connectivity index (χ1) is 5.64. The van der Waals surface area contributed by atoms with Crippen LogP contribution in [-0.2, 0) is 9.84 Å². The van der Waals surface area contributed by atoms with Gasteiger partial charge in [-0.3, -0.25) is 0 Å². The lowest BCUT2D eigenvalue weighted by Gasteiger charge is -2.21. The van der Waals surface area contributed by atoms with Crippen LogP contribution in [0.4, 0.5) is 0 Å². The Bertz CT molecular complexity index is 223. The van der Waals surface area contributed by atoms with Gasteiger partial charge in [0.2, 0.25) is 0 Å². The van der Waals surface area contributed by atoms with E-state index in [0.717, 1.165) is 25.9 Å². The Morgan fingerprint density at radius 1 is 1.50 bits per heavy atom. The van der Waals surface area contributed by atoms with Crippen molar-refractivity contribution in [1.29, 1.82) is 0 Å². The first-order valence-electron chi connectivity index (χ1n) is 4.55. The van der Waals surface area contributed by atoms with Crippen molar-refractivity contribution in [3.63, 3.8) is 0 Å². The third-order valence-electron chi connectivity index (χ3n) is 2.24. The van der Waals surface area contributed by atoms with Crippen LogP contribution in [0.3, 0.4) is 0 Å². The molecule has 1 rings (SSSR count). The van der Waals surface area contributed by atoms with Crippen molar-refractivity contribution in [1.82, 2.24) is 5.32 Å². The van der Waals surface area contributed by atoms with Gasteiger partial charge in [0.05, 0.1) is 11.5 Å². The highest BCUT2D eigenvalue weighted by Crippen LogP contribution is 2.17. The van der Waals surface area contributed by atoms with Crippen molar-refractivity contribution in [3.8, 4) is 0 Å². The maximum absolute atomic E-state index is 11.2. The molecule has 1 atom stereocenters. The summed E-state index contributed by atoms with van der Waals surface area (Å²) in [6.07, 6.45) is 1.91. The van der Waals surface area contributed by atoms with Crippen LogP contribution in [0, 0.1) is 5.92 Å². The molecular weight excluding hydrogens is 174 g/mol. The van der Waals surface area contributed by atoms with Crippen molar-refractivity contribution in [2.24, 2.45) is 5.92 Å². The van der Waals surface area contributed by atoms with Crippen molar-refractivity contribution in [2.45, 2.75) is 19.8 Å². The molecule has 1 saturated heterocycles. The fourth-order valence-corrected chi connectivity index (χ4v) is 3.40. The first-order valence-corrected chi connectivity index (χ1v) is 6.37. The number of hydrogen-bond acceptors (Lipinski definition) is 3. The number of rotatable bonds is 3. The molecule has 1 heterocycles. The molecule has 3 nitrogen and oxygen atoms in total. The maximum atomic E-state index is 11.2. The molecule has 0 aromatic rings. The lowest BCUT2D eigenvalue weighted by molar-refractivity contribution is 0.458. The summed E-state index contributed by atoms with van der Waals surface area (Å²) in [7, 11) is -2.70. The third-order valence-corrected chi connectivity index (χ3v) is 4.13. The number of sulfone groups is 1. The summed E-state index contributed by atoms with van der Waals surface area (Å²) in [5, 5.41) is 3.19. The predicted octanol–water partition coefficient (Wildman–Crippen LogP) is 0.421. The smallest absolute Gasteiger partial charge is 0.150 e. The number of nitrogens with one attached hydrogen (secondary N) is 1. The molecule has 0 bridgehead atoms. The van der Waals surface area contributed by atoms with E-state index in [9.17, 15) is 8.42 Å². The second-order valence-corrected chi connectivity index (χ2v) is 5.66. The first kappa shape index (κ1) is 9.99. The van der Waals surface area contributed by atoms with E-state index >= 15 is 0 Å². The van der Waals surface area contributed by atoms with E-state index in [2.05, 4.69) is 5.32 Å². The van der Waals surface area contributed by atoms with Crippen LogP contribution in [-0.4, -0.2) is 33.0 Å². The lowest BCUT2D eigenvalue weighted by Crippen LogP contribution is -2.32. The van der Waals surface area contributed by atoms with Crippen LogP contribution in [0.2, 0.25) is 0 Å². The summed E-state index contributed by atoms with van der Waals surface area (Å²) in [4.78, 5) is 0. The van der Waals surface area contributed by atoms with Crippen LogP contribution in [0.15, 0.2) is 0 Å². The quantitative estimate of drug-likeness (QED) is 0.703. The highest BCUT2D eigenvalue weighted by molar-refractivity contribution is 7.91. The molecule has 0 aliphatic carbocycles. The molecule has 72 valence electrons. The molecule has 1 aliphatic rings. The molecule has 1 unspecified atom stereocenters. The molecule has 1 N–H and O–H groups in total. The molecule has 12 heavy (non-hydrogen) atoms. The van der Waals surface area contributed by atoms with Gasteiger partial charge in [-0.1, -0.05) is 6.92 Å². The van der Waals surface area contributed by atoms with Gasteiger partial charge in [-0.15, -0.1) is 0 Å². The molecule has 0 spiro atoms. The average Bonchev–Trinajstić information content (AvgIpc) is 1.99. The largest absolute Gasteiger partial charge is 0.317 e. The van der Waals surface area contributed by atoms with Crippen LogP contribution in [0.1, 0.15) is 19.8 Å². The maximum Gasteiger partial charge on any atom is 0.150 e. The van der Waals surface area contributed by atoms with Crippen molar-refractivity contribution < 1.29 is 8.42 Å². The zero-order valence-corrected chi connectivity index (χ0v) is 8.36. The summed E-state index contributed by atoms with van der Waals surface area (Å²) in [6.45, 7) is 3.82. The Morgan fingerprint density at radius 2 is 2.25 bits per heavy atom.